The first kappa shape index (κ1) is 18.3. The Hall–Kier alpha value is -2.08. The summed E-state index contributed by atoms with van der Waals surface area (Å²) in [7, 11) is 0. The smallest absolute Gasteiger partial charge is 0.233 e. The first-order chi connectivity index (χ1) is 11.5. The fourth-order valence-electron chi connectivity index (χ4n) is 2.13. The molecule has 6 heteroatoms. The number of nitrogens with one attached hydrogen (secondary N) is 1. The van der Waals surface area contributed by atoms with E-state index >= 15 is 0 Å². The predicted octanol–water partition coefficient (Wildman–Crippen LogP) is 3.38. The highest BCUT2D eigenvalue weighted by Crippen LogP contribution is 2.26. The zero-order chi connectivity index (χ0) is 17.5. The van der Waals surface area contributed by atoms with E-state index in [1.165, 1.54) is 11.8 Å². The summed E-state index contributed by atoms with van der Waals surface area (Å²) in [6, 6.07) is 9.90. The van der Waals surface area contributed by atoms with Crippen molar-refractivity contribution in [1.29, 1.82) is 0 Å². The molecule has 0 aliphatic carbocycles. The van der Waals surface area contributed by atoms with Crippen LogP contribution >= 0.6 is 11.8 Å². The molecule has 24 heavy (non-hydrogen) atoms. The number of thioether (sulfide) groups is 1. The van der Waals surface area contributed by atoms with Crippen LogP contribution in [0.5, 0.6) is 0 Å². The third-order valence-corrected chi connectivity index (χ3v) is 4.48. The number of hydrogen-bond acceptors (Lipinski definition) is 4. The molecule has 2 rings (SSSR count). The van der Waals surface area contributed by atoms with Gasteiger partial charge in [0.2, 0.25) is 5.91 Å². The molecule has 0 aliphatic heterocycles. The lowest BCUT2D eigenvalue weighted by molar-refractivity contribution is -0.120. The normalized spacial score (nSPS) is 12.2. The van der Waals surface area contributed by atoms with Gasteiger partial charge in [0.05, 0.1) is 5.25 Å². The van der Waals surface area contributed by atoms with Gasteiger partial charge < -0.3 is 5.32 Å². The molecule has 1 aromatic heterocycles. The maximum Gasteiger partial charge on any atom is 0.233 e. The molecule has 0 fully saturated rings. The lowest BCUT2D eigenvalue weighted by Crippen LogP contribution is -2.33. The van der Waals surface area contributed by atoms with E-state index < -0.39 is 0 Å². The van der Waals surface area contributed by atoms with Crippen LogP contribution in [0, 0.1) is 5.92 Å². The van der Waals surface area contributed by atoms with Crippen molar-refractivity contribution in [1.82, 2.24) is 20.1 Å². The van der Waals surface area contributed by atoms with Crippen LogP contribution in [0.4, 0.5) is 0 Å². The number of nitrogens with zero attached hydrogens (tertiary/aromatic N) is 3. The number of carbonyl (C=O) groups excluding carboxylic acids is 1. The van der Waals surface area contributed by atoms with E-state index in [2.05, 4.69) is 35.9 Å². The lowest BCUT2D eigenvalue weighted by atomic mass is 10.2. The Morgan fingerprint density at radius 3 is 2.62 bits per heavy atom. The molecule has 128 valence electrons. The Morgan fingerprint density at radius 2 is 2.00 bits per heavy atom. The van der Waals surface area contributed by atoms with Crippen molar-refractivity contribution >= 4 is 17.7 Å². The molecule has 1 N–H and O–H groups in total. The monoisotopic (exact) mass is 344 g/mol. The van der Waals surface area contributed by atoms with Gasteiger partial charge in [0.15, 0.2) is 11.0 Å². The van der Waals surface area contributed by atoms with E-state index in [0.717, 1.165) is 16.5 Å². The summed E-state index contributed by atoms with van der Waals surface area (Å²) >= 11 is 1.41. The molecule has 1 atom stereocenters. The average Bonchev–Trinajstić information content (AvgIpc) is 2.96. The minimum Gasteiger partial charge on any atom is -0.355 e. The Bertz CT molecular complexity index is 682. The number of rotatable bonds is 8. The number of allylic oxidation sites excluding steroid dienone is 1. The zero-order valence-electron chi connectivity index (χ0n) is 14.4. The molecule has 1 unspecified atom stereocenters. The molecule has 0 spiro atoms. The van der Waals surface area contributed by atoms with E-state index in [1.807, 2.05) is 47.9 Å². The lowest BCUT2D eigenvalue weighted by Gasteiger charge is -2.14. The van der Waals surface area contributed by atoms with Crippen molar-refractivity contribution in [3.8, 4) is 11.4 Å². The second-order valence-corrected chi connectivity index (χ2v) is 7.28. The molecule has 0 saturated carbocycles. The fraction of sp³-hybridized carbons (Fsp3) is 0.389. The van der Waals surface area contributed by atoms with E-state index in [4.69, 9.17) is 0 Å². The number of amides is 1. The van der Waals surface area contributed by atoms with Crippen LogP contribution in [0.15, 0.2) is 48.1 Å². The minimum absolute atomic E-state index is 0.0168. The molecule has 0 bridgehead atoms. The van der Waals surface area contributed by atoms with Crippen LogP contribution in [-0.2, 0) is 11.3 Å². The van der Waals surface area contributed by atoms with Crippen molar-refractivity contribution in [3.05, 3.63) is 43.0 Å². The van der Waals surface area contributed by atoms with Gasteiger partial charge in [-0.1, -0.05) is 62.0 Å². The molecule has 0 radical (unpaired) electrons. The van der Waals surface area contributed by atoms with Crippen LogP contribution < -0.4 is 5.32 Å². The van der Waals surface area contributed by atoms with Crippen molar-refractivity contribution in [2.45, 2.75) is 37.7 Å². The van der Waals surface area contributed by atoms with Gasteiger partial charge in [-0.15, -0.1) is 16.8 Å². The van der Waals surface area contributed by atoms with Crippen LogP contribution in [0.3, 0.4) is 0 Å². The number of carbonyl (C=O) groups is 1. The second kappa shape index (κ2) is 8.68. The maximum atomic E-state index is 12.2. The summed E-state index contributed by atoms with van der Waals surface area (Å²) < 4.78 is 1.99. The third-order valence-electron chi connectivity index (χ3n) is 3.40. The SMILES string of the molecule is C=CCn1c(SC(C)C(=O)NCC(C)C)nnc1-c1ccccc1. The predicted molar refractivity (Wildman–Crippen MR) is 98.8 cm³/mol. The van der Waals surface area contributed by atoms with Crippen molar-refractivity contribution in [3.63, 3.8) is 0 Å². The Morgan fingerprint density at radius 1 is 1.29 bits per heavy atom. The van der Waals surface area contributed by atoms with Gasteiger partial charge >= 0.3 is 0 Å². The van der Waals surface area contributed by atoms with Gasteiger partial charge in [0.1, 0.15) is 0 Å². The van der Waals surface area contributed by atoms with E-state index in [9.17, 15) is 4.79 Å². The Kier molecular flexibility index (Phi) is 6.61. The van der Waals surface area contributed by atoms with E-state index in [1.54, 1.807) is 0 Å². The molecule has 2 aromatic rings. The number of benzene rings is 1. The number of hydrogen-bond donors (Lipinski definition) is 1. The van der Waals surface area contributed by atoms with Crippen LogP contribution in [0.2, 0.25) is 0 Å². The molecule has 1 heterocycles. The summed E-state index contributed by atoms with van der Waals surface area (Å²) in [6.45, 7) is 11.1. The highest BCUT2D eigenvalue weighted by Gasteiger charge is 2.20. The molecular weight excluding hydrogens is 320 g/mol. The number of aromatic nitrogens is 3. The molecule has 5 nitrogen and oxygen atoms in total. The first-order valence-corrected chi connectivity index (χ1v) is 8.94. The van der Waals surface area contributed by atoms with E-state index in [-0.39, 0.29) is 11.2 Å². The largest absolute Gasteiger partial charge is 0.355 e. The minimum atomic E-state index is -0.236. The third kappa shape index (κ3) is 4.71. The van der Waals surface area contributed by atoms with Crippen LogP contribution in [0.25, 0.3) is 11.4 Å². The maximum absolute atomic E-state index is 12.2. The highest BCUT2D eigenvalue weighted by atomic mass is 32.2. The van der Waals surface area contributed by atoms with Crippen LogP contribution in [-0.4, -0.2) is 32.5 Å². The van der Waals surface area contributed by atoms with E-state index in [0.29, 0.717) is 19.0 Å². The van der Waals surface area contributed by atoms with Crippen molar-refractivity contribution in [2.75, 3.05) is 6.54 Å². The molecule has 0 aliphatic rings. The fourth-order valence-corrected chi connectivity index (χ4v) is 3.01. The quantitative estimate of drug-likeness (QED) is 0.589. The topological polar surface area (TPSA) is 59.8 Å². The summed E-state index contributed by atoms with van der Waals surface area (Å²) in [5.41, 5.74) is 0.996. The van der Waals surface area contributed by atoms with Gasteiger partial charge in [-0.05, 0) is 12.8 Å². The van der Waals surface area contributed by atoms with Gasteiger partial charge in [-0.3, -0.25) is 9.36 Å². The van der Waals surface area contributed by atoms with Gasteiger partial charge in [0.25, 0.3) is 0 Å². The molecular formula is C18H24N4OS. The summed E-state index contributed by atoms with van der Waals surface area (Å²) in [5.74, 6) is 1.23. The Balaban J connectivity index is 2.17. The molecule has 0 saturated heterocycles. The standard InChI is InChI=1S/C18H24N4OS/c1-5-11-22-16(15-9-7-6-8-10-15)20-21-18(22)24-14(4)17(23)19-12-13(2)3/h5-10,13-14H,1,11-12H2,2-4H3,(H,19,23). The Labute approximate surface area is 147 Å². The highest BCUT2D eigenvalue weighted by molar-refractivity contribution is 8.00. The van der Waals surface area contributed by atoms with Gasteiger partial charge in [-0.2, -0.15) is 0 Å². The summed E-state index contributed by atoms with van der Waals surface area (Å²) in [5, 5.41) is 12.0. The van der Waals surface area contributed by atoms with Gasteiger partial charge in [0, 0.05) is 18.7 Å². The first-order valence-electron chi connectivity index (χ1n) is 8.06. The average molecular weight is 344 g/mol. The second-order valence-electron chi connectivity index (χ2n) is 5.97. The van der Waals surface area contributed by atoms with Crippen molar-refractivity contribution in [2.24, 2.45) is 5.92 Å². The summed E-state index contributed by atoms with van der Waals surface area (Å²) in [6.07, 6.45) is 1.81. The van der Waals surface area contributed by atoms with Gasteiger partial charge in [-0.25, -0.2) is 0 Å². The summed E-state index contributed by atoms with van der Waals surface area (Å²) in [4.78, 5) is 12.2. The molecule has 1 amide bonds. The van der Waals surface area contributed by atoms with Crippen LogP contribution in [0.1, 0.15) is 20.8 Å². The van der Waals surface area contributed by atoms with Crippen molar-refractivity contribution < 1.29 is 4.79 Å². The molecule has 1 aromatic carbocycles. The zero-order valence-corrected chi connectivity index (χ0v) is 15.2.